The van der Waals surface area contributed by atoms with Gasteiger partial charge in [-0.05, 0) is 19.4 Å². The van der Waals surface area contributed by atoms with Crippen molar-refractivity contribution in [3.8, 4) is 0 Å². The second kappa shape index (κ2) is 4.35. The van der Waals surface area contributed by atoms with Crippen LogP contribution in [0.1, 0.15) is 31.5 Å². The molecule has 2 rings (SSSR count). The molecule has 15 heavy (non-hydrogen) atoms. The first-order valence-electron chi connectivity index (χ1n) is 5.17. The lowest BCUT2D eigenvalue weighted by atomic mass is 10.1. The molecule has 80 valence electrons. The van der Waals surface area contributed by atoms with E-state index >= 15 is 0 Å². The molecule has 5 heteroatoms. The number of rotatable bonds is 4. The van der Waals surface area contributed by atoms with Gasteiger partial charge in [0.2, 0.25) is 0 Å². The van der Waals surface area contributed by atoms with E-state index in [4.69, 9.17) is 5.73 Å². The lowest BCUT2D eigenvalue weighted by Gasteiger charge is -2.07. The van der Waals surface area contributed by atoms with Gasteiger partial charge < -0.3 is 5.73 Å². The molecule has 0 saturated carbocycles. The molecule has 1 unspecified atom stereocenters. The van der Waals surface area contributed by atoms with Crippen molar-refractivity contribution in [2.75, 3.05) is 6.54 Å². The molecule has 0 aliphatic rings. The Morgan fingerprint density at radius 1 is 1.47 bits per heavy atom. The fourth-order valence-corrected chi connectivity index (χ4v) is 1.66. The zero-order valence-electron chi connectivity index (χ0n) is 8.80. The van der Waals surface area contributed by atoms with Gasteiger partial charge in [0, 0.05) is 18.3 Å². The fraction of sp³-hybridized carbons (Fsp3) is 0.500. The first-order valence-corrected chi connectivity index (χ1v) is 5.17. The number of hydrogen-bond acceptors (Lipinski definition) is 4. The second-order valence-corrected chi connectivity index (χ2v) is 3.69. The normalized spacial score (nSPS) is 13.2. The Hall–Kier alpha value is -1.49. The molecule has 2 heterocycles. The summed E-state index contributed by atoms with van der Waals surface area (Å²) < 4.78 is 1.98. The van der Waals surface area contributed by atoms with Crippen LogP contribution in [0, 0.1) is 0 Å². The minimum atomic E-state index is 0.381. The molecule has 0 aliphatic carbocycles. The minimum absolute atomic E-state index is 0.381. The van der Waals surface area contributed by atoms with Crippen molar-refractivity contribution in [1.82, 2.24) is 19.6 Å². The molecule has 0 amide bonds. The highest BCUT2D eigenvalue weighted by Crippen LogP contribution is 2.18. The topological polar surface area (TPSA) is 69.1 Å². The molecule has 0 radical (unpaired) electrons. The van der Waals surface area contributed by atoms with E-state index in [-0.39, 0.29) is 0 Å². The van der Waals surface area contributed by atoms with Gasteiger partial charge in [0.15, 0.2) is 5.65 Å². The molecule has 2 N–H and O–H groups in total. The van der Waals surface area contributed by atoms with Crippen LogP contribution in [0.25, 0.3) is 5.65 Å². The summed E-state index contributed by atoms with van der Waals surface area (Å²) in [5.74, 6) is 1.37. The molecule has 0 saturated heterocycles. The van der Waals surface area contributed by atoms with E-state index in [2.05, 4.69) is 22.1 Å². The van der Waals surface area contributed by atoms with Gasteiger partial charge in [-0.25, -0.2) is 0 Å². The molecular weight excluding hydrogens is 190 g/mol. The van der Waals surface area contributed by atoms with Crippen LogP contribution in [-0.2, 0) is 0 Å². The van der Waals surface area contributed by atoms with Gasteiger partial charge in [-0.1, -0.05) is 6.92 Å². The molecular formula is C10H15N5. The largest absolute Gasteiger partial charge is 0.330 e. The zero-order chi connectivity index (χ0) is 10.7. The Bertz CT molecular complexity index is 436. The van der Waals surface area contributed by atoms with Crippen molar-refractivity contribution < 1.29 is 0 Å². The predicted molar refractivity (Wildman–Crippen MR) is 57.5 cm³/mol. The third-order valence-electron chi connectivity index (χ3n) is 2.52. The minimum Gasteiger partial charge on any atom is -0.330 e. The van der Waals surface area contributed by atoms with Crippen LogP contribution >= 0.6 is 0 Å². The highest BCUT2D eigenvalue weighted by Gasteiger charge is 2.12. The second-order valence-electron chi connectivity index (χ2n) is 3.69. The van der Waals surface area contributed by atoms with Crippen LogP contribution in [0.4, 0.5) is 0 Å². The lowest BCUT2D eigenvalue weighted by molar-refractivity contribution is 0.603. The molecule has 0 fully saturated rings. The Balaban J connectivity index is 2.27. The van der Waals surface area contributed by atoms with Crippen molar-refractivity contribution in [1.29, 1.82) is 0 Å². The fourth-order valence-electron chi connectivity index (χ4n) is 1.66. The van der Waals surface area contributed by atoms with E-state index in [1.807, 2.05) is 10.6 Å². The average molecular weight is 205 g/mol. The lowest BCUT2D eigenvalue weighted by Crippen LogP contribution is -2.05. The van der Waals surface area contributed by atoms with Crippen LogP contribution in [0.3, 0.4) is 0 Å². The third-order valence-corrected chi connectivity index (χ3v) is 2.52. The van der Waals surface area contributed by atoms with Crippen LogP contribution in [0.2, 0.25) is 0 Å². The van der Waals surface area contributed by atoms with E-state index in [0.29, 0.717) is 5.92 Å². The Kier molecular flexibility index (Phi) is 2.91. The SMILES string of the molecule is CC(CCCN)c1nnc2cnccn12. The highest BCUT2D eigenvalue weighted by atomic mass is 15.3. The number of nitrogens with zero attached hydrogens (tertiary/aromatic N) is 4. The monoisotopic (exact) mass is 205 g/mol. The Morgan fingerprint density at radius 2 is 2.33 bits per heavy atom. The van der Waals surface area contributed by atoms with Crippen LogP contribution in [0.5, 0.6) is 0 Å². The number of nitrogens with two attached hydrogens (primary N) is 1. The van der Waals surface area contributed by atoms with E-state index in [1.54, 1.807) is 12.4 Å². The first kappa shape index (κ1) is 10.0. The number of fused-ring (bicyclic) bond motifs is 1. The number of hydrogen-bond donors (Lipinski definition) is 1. The Labute approximate surface area is 88.3 Å². The third kappa shape index (κ3) is 1.97. The summed E-state index contributed by atoms with van der Waals surface area (Å²) in [5, 5.41) is 8.25. The van der Waals surface area contributed by atoms with Crippen molar-refractivity contribution in [2.24, 2.45) is 5.73 Å². The van der Waals surface area contributed by atoms with E-state index < -0.39 is 0 Å². The summed E-state index contributed by atoms with van der Waals surface area (Å²) in [6.07, 6.45) is 7.41. The maximum Gasteiger partial charge on any atom is 0.179 e. The first-order chi connectivity index (χ1) is 7.33. The molecule has 5 nitrogen and oxygen atoms in total. The van der Waals surface area contributed by atoms with Crippen LogP contribution in [-0.4, -0.2) is 26.1 Å². The van der Waals surface area contributed by atoms with Crippen molar-refractivity contribution in [2.45, 2.75) is 25.7 Å². The van der Waals surface area contributed by atoms with E-state index in [9.17, 15) is 0 Å². The predicted octanol–water partition coefficient (Wildman–Crippen LogP) is 0.967. The molecule has 2 aromatic heterocycles. The summed E-state index contributed by atoms with van der Waals surface area (Å²) >= 11 is 0. The summed E-state index contributed by atoms with van der Waals surface area (Å²) in [4.78, 5) is 4.00. The van der Waals surface area contributed by atoms with Gasteiger partial charge in [-0.2, -0.15) is 0 Å². The quantitative estimate of drug-likeness (QED) is 0.807. The average Bonchev–Trinajstić information content (AvgIpc) is 2.69. The van der Waals surface area contributed by atoms with Crippen molar-refractivity contribution in [3.05, 3.63) is 24.4 Å². The molecule has 0 spiro atoms. The van der Waals surface area contributed by atoms with Gasteiger partial charge in [-0.15, -0.1) is 10.2 Å². The summed E-state index contributed by atoms with van der Waals surface area (Å²) in [7, 11) is 0. The maximum atomic E-state index is 5.49. The van der Waals surface area contributed by atoms with Gasteiger partial charge >= 0.3 is 0 Å². The highest BCUT2D eigenvalue weighted by molar-refractivity contribution is 5.34. The summed E-state index contributed by atoms with van der Waals surface area (Å²) in [6.45, 7) is 2.87. The van der Waals surface area contributed by atoms with Crippen molar-refractivity contribution >= 4 is 5.65 Å². The van der Waals surface area contributed by atoms with Crippen molar-refractivity contribution in [3.63, 3.8) is 0 Å². The maximum absolute atomic E-state index is 5.49. The van der Waals surface area contributed by atoms with Crippen LogP contribution in [0.15, 0.2) is 18.6 Å². The summed E-state index contributed by atoms with van der Waals surface area (Å²) in [6, 6.07) is 0. The molecule has 0 aliphatic heterocycles. The molecule has 0 aromatic carbocycles. The van der Waals surface area contributed by atoms with Gasteiger partial charge in [0.1, 0.15) is 5.82 Å². The molecule has 1 atom stereocenters. The van der Waals surface area contributed by atoms with E-state index in [1.165, 1.54) is 0 Å². The van der Waals surface area contributed by atoms with Crippen LogP contribution < -0.4 is 5.73 Å². The Morgan fingerprint density at radius 3 is 3.13 bits per heavy atom. The zero-order valence-corrected chi connectivity index (χ0v) is 8.80. The molecule has 2 aromatic rings. The van der Waals surface area contributed by atoms with Gasteiger partial charge in [0.25, 0.3) is 0 Å². The van der Waals surface area contributed by atoms with Gasteiger partial charge in [-0.3, -0.25) is 9.38 Å². The van der Waals surface area contributed by atoms with Gasteiger partial charge in [0.05, 0.1) is 6.20 Å². The standard InChI is InChI=1S/C10H15N5/c1-8(3-2-4-11)10-14-13-9-7-12-5-6-15(9)10/h5-8H,2-4,11H2,1H3. The smallest absolute Gasteiger partial charge is 0.179 e. The summed E-state index contributed by atoms with van der Waals surface area (Å²) in [5.41, 5.74) is 6.29. The van der Waals surface area contributed by atoms with E-state index in [0.717, 1.165) is 30.9 Å². The number of aromatic nitrogens is 4. The molecule has 0 bridgehead atoms.